The van der Waals surface area contributed by atoms with Gasteiger partial charge >= 0.3 is 0 Å². The van der Waals surface area contributed by atoms with Crippen LogP contribution in [0.3, 0.4) is 0 Å². The van der Waals surface area contributed by atoms with Gasteiger partial charge in [-0.2, -0.15) is 0 Å². The van der Waals surface area contributed by atoms with E-state index >= 15 is 0 Å². The van der Waals surface area contributed by atoms with Gasteiger partial charge in [-0.3, -0.25) is 0 Å². The Morgan fingerprint density at radius 1 is 1.00 bits per heavy atom. The second kappa shape index (κ2) is 11.7. The Kier molecular flexibility index (Phi) is 8.76. The molecule has 3 unspecified atom stereocenters. The smallest absolute Gasteiger partial charge is 0.261 e. The number of allylic oxidation sites excluding steroid dienone is 2. The molecule has 0 amide bonds. The van der Waals surface area contributed by atoms with Crippen molar-refractivity contribution in [3.05, 3.63) is 84.7 Å². The number of aliphatic hydroxyl groups is 1. The van der Waals surface area contributed by atoms with E-state index in [0.717, 1.165) is 18.4 Å². The van der Waals surface area contributed by atoms with Crippen molar-refractivity contribution in [1.29, 1.82) is 0 Å². The van der Waals surface area contributed by atoms with Crippen molar-refractivity contribution in [2.75, 3.05) is 13.2 Å². The molecule has 1 fully saturated rings. The van der Waals surface area contributed by atoms with Crippen LogP contribution in [0.1, 0.15) is 53.9 Å². The average molecular weight is 523 g/mol. The van der Waals surface area contributed by atoms with Gasteiger partial charge in [0, 0.05) is 0 Å². The molecule has 1 saturated heterocycles. The summed E-state index contributed by atoms with van der Waals surface area (Å²) in [5.74, 6) is -0.784. The summed E-state index contributed by atoms with van der Waals surface area (Å²) in [4.78, 5) is 0. The lowest BCUT2D eigenvalue weighted by molar-refractivity contribution is -0.156. The molecular formula is C31H42O5Si. The summed E-state index contributed by atoms with van der Waals surface area (Å²) in [6, 6.07) is 21.2. The second-order valence-corrected chi connectivity index (χ2v) is 15.8. The topological polar surface area (TPSA) is 57.2 Å². The summed E-state index contributed by atoms with van der Waals surface area (Å²) in [6.07, 6.45) is 6.75. The summed E-state index contributed by atoms with van der Waals surface area (Å²) in [5, 5.41) is 13.5. The lowest BCUT2D eigenvalue weighted by Gasteiger charge is -2.43. The lowest BCUT2D eigenvalue weighted by atomic mass is 10.0. The van der Waals surface area contributed by atoms with Crippen molar-refractivity contribution < 1.29 is 23.7 Å². The number of aliphatic hydroxyl groups excluding tert-OH is 1. The van der Waals surface area contributed by atoms with Gasteiger partial charge in [-0.05, 0) is 60.2 Å². The summed E-state index contributed by atoms with van der Waals surface area (Å²) < 4.78 is 25.1. The van der Waals surface area contributed by atoms with Gasteiger partial charge in [0.2, 0.25) is 0 Å². The van der Waals surface area contributed by atoms with Gasteiger partial charge in [0.15, 0.2) is 5.79 Å². The van der Waals surface area contributed by atoms with Crippen LogP contribution in [-0.4, -0.2) is 50.7 Å². The fourth-order valence-electron chi connectivity index (χ4n) is 5.56. The Balaban J connectivity index is 1.54. The molecule has 0 bridgehead atoms. The van der Waals surface area contributed by atoms with E-state index in [0.29, 0.717) is 19.6 Å². The van der Waals surface area contributed by atoms with Crippen LogP contribution in [-0.2, 0) is 18.6 Å². The van der Waals surface area contributed by atoms with Gasteiger partial charge in [0.1, 0.15) is 18.8 Å². The van der Waals surface area contributed by atoms with Crippen molar-refractivity contribution in [2.24, 2.45) is 0 Å². The molecule has 2 heterocycles. The first kappa shape index (κ1) is 27.8. The summed E-state index contributed by atoms with van der Waals surface area (Å²) in [7, 11) is -2.72. The predicted octanol–water partition coefficient (Wildman–Crippen LogP) is 5.08. The molecule has 2 aliphatic heterocycles. The van der Waals surface area contributed by atoms with E-state index in [4.69, 9.17) is 18.6 Å². The molecule has 1 N–H and O–H groups in total. The largest absolute Gasteiger partial charge is 0.497 e. The highest BCUT2D eigenvalue weighted by molar-refractivity contribution is 6.99. The molecule has 200 valence electrons. The highest BCUT2D eigenvalue weighted by Gasteiger charge is 2.52. The molecule has 0 aromatic heterocycles. The molecule has 0 aliphatic carbocycles. The average Bonchev–Trinajstić information content (AvgIpc) is 3.20. The van der Waals surface area contributed by atoms with Crippen LogP contribution in [0.4, 0.5) is 0 Å². The Bertz CT molecular complexity index is 1020. The molecule has 5 nitrogen and oxygen atoms in total. The standard InChI is InChI=1S/C31H42O5Si/c1-30(2,3)37(25-16-8-6-9-17-25,26-18-10-7-11-19-26)34-23-28-29(36-31(4,5)35-28)27(32)20-12-14-24-15-13-21-33-22-24/h6-11,13,15-19,22,27-29,32H,12,14,20-21,23H2,1-5H3. The van der Waals surface area contributed by atoms with Gasteiger partial charge in [-0.25, -0.2) is 0 Å². The minimum Gasteiger partial charge on any atom is -0.497 e. The second-order valence-electron chi connectivity index (χ2n) is 11.5. The van der Waals surface area contributed by atoms with Crippen molar-refractivity contribution in [1.82, 2.24) is 0 Å². The van der Waals surface area contributed by atoms with Gasteiger partial charge in [-0.1, -0.05) is 87.5 Å². The third-order valence-corrected chi connectivity index (χ3v) is 12.2. The number of rotatable bonds is 10. The van der Waals surface area contributed by atoms with E-state index < -0.39 is 26.3 Å². The Morgan fingerprint density at radius 2 is 1.62 bits per heavy atom. The van der Waals surface area contributed by atoms with Crippen LogP contribution in [0.5, 0.6) is 0 Å². The molecule has 2 aromatic carbocycles. The van der Waals surface area contributed by atoms with Crippen LogP contribution < -0.4 is 10.4 Å². The van der Waals surface area contributed by atoms with E-state index in [2.05, 4.69) is 75.4 Å². The van der Waals surface area contributed by atoms with E-state index in [-0.39, 0.29) is 11.1 Å². The first-order valence-corrected chi connectivity index (χ1v) is 15.3. The van der Waals surface area contributed by atoms with Crippen LogP contribution in [0.15, 0.2) is 84.7 Å². The fourth-order valence-corrected chi connectivity index (χ4v) is 10.1. The SMILES string of the molecule is CC1(C)OC(CO[Si](c2ccccc2)(c2ccccc2)C(C)(C)C)C(C(O)CCCC2=COCC=C2)O1. The van der Waals surface area contributed by atoms with Crippen molar-refractivity contribution in [3.63, 3.8) is 0 Å². The van der Waals surface area contributed by atoms with Crippen LogP contribution in [0, 0.1) is 0 Å². The Morgan fingerprint density at radius 3 is 2.16 bits per heavy atom. The number of hydrogen-bond acceptors (Lipinski definition) is 5. The maximum Gasteiger partial charge on any atom is 0.261 e. The van der Waals surface area contributed by atoms with Gasteiger partial charge in [0.05, 0.1) is 19.0 Å². The zero-order valence-corrected chi connectivity index (χ0v) is 23.9. The molecule has 0 spiro atoms. The highest BCUT2D eigenvalue weighted by Crippen LogP contribution is 2.38. The highest BCUT2D eigenvalue weighted by atomic mass is 28.4. The fraction of sp³-hybridized carbons (Fsp3) is 0.484. The molecule has 6 heteroatoms. The zero-order valence-electron chi connectivity index (χ0n) is 22.9. The molecule has 0 saturated carbocycles. The first-order valence-electron chi connectivity index (χ1n) is 13.4. The van der Waals surface area contributed by atoms with Gasteiger partial charge in [-0.15, -0.1) is 0 Å². The van der Waals surface area contributed by atoms with Crippen molar-refractivity contribution in [3.8, 4) is 0 Å². The third-order valence-electron chi connectivity index (χ3n) is 7.21. The molecule has 2 aromatic rings. The monoisotopic (exact) mass is 522 g/mol. The zero-order chi connectivity index (χ0) is 26.5. The van der Waals surface area contributed by atoms with Crippen molar-refractivity contribution >= 4 is 18.7 Å². The molecule has 4 rings (SSSR count). The molecule has 37 heavy (non-hydrogen) atoms. The van der Waals surface area contributed by atoms with E-state index in [1.165, 1.54) is 10.4 Å². The molecule has 0 radical (unpaired) electrons. The molecule has 2 aliphatic rings. The summed E-state index contributed by atoms with van der Waals surface area (Å²) in [5.41, 5.74) is 1.15. The normalized spacial score (nSPS) is 22.4. The Hall–Kier alpha value is -2.22. The van der Waals surface area contributed by atoms with E-state index in [9.17, 15) is 5.11 Å². The minimum atomic E-state index is -2.72. The van der Waals surface area contributed by atoms with Gasteiger partial charge in [0.25, 0.3) is 8.32 Å². The van der Waals surface area contributed by atoms with Crippen LogP contribution in [0.25, 0.3) is 0 Å². The maximum absolute atomic E-state index is 11.2. The van der Waals surface area contributed by atoms with Crippen molar-refractivity contribution in [2.45, 2.75) is 83.0 Å². The number of benzene rings is 2. The quantitative estimate of drug-likeness (QED) is 0.441. The summed E-state index contributed by atoms with van der Waals surface area (Å²) in [6.45, 7) is 11.6. The van der Waals surface area contributed by atoms with E-state index in [1.54, 1.807) is 0 Å². The number of ether oxygens (including phenoxy) is 3. The summed E-state index contributed by atoms with van der Waals surface area (Å²) >= 11 is 0. The minimum absolute atomic E-state index is 0.137. The Labute approximate surface area is 223 Å². The predicted molar refractivity (Wildman–Crippen MR) is 150 cm³/mol. The lowest BCUT2D eigenvalue weighted by Crippen LogP contribution is -2.67. The number of hydrogen-bond donors (Lipinski definition) is 1. The third kappa shape index (κ3) is 6.44. The first-order chi connectivity index (χ1) is 17.6. The van der Waals surface area contributed by atoms with Crippen LogP contribution >= 0.6 is 0 Å². The molecule has 3 atom stereocenters. The molecular weight excluding hydrogens is 480 g/mol. The maximum atomic E-state index is 11.2. The van der Waals surface area contributed by atoms with E-state index in [1.807, 2.05) is 38.3 Å². The van der Waals surface area contributed by atoms with Crippen LogP contribution in [0.2, 0.25) is 5.04 Å². The van der Waals surface area contributed by atoms with Gasteiger partial charge < -0.3 is 23.7 Å².